The van der Waals surface area contributed by atoms with Gasteiger partial charge in [-0.05, 0) is 63.7 Å². The highest BCUT2D eigenvalue weighted by atomic mass is 16.5. The first kappa shape index (κ1) is 21.7. The second kappa shape index (κ2) is 9.77. The Hall–Kier alpha value is -3.16. The largest absolute Gasteiger partial charge is 0.478 e. The average molecular weight is 446 g/mol. The van der Waals surface area contributed by atoms with Crippen LogP contribution >= 0.6 is 0 Å². The second-order valence-corrected chi connectivity index (χ2v) is 8.85. The van der Waals surface area contributed by atoms with Gasteiger partial charge in [0.2, 0.25) is 5.88 Å². The first-order valence-corrected chi connectivity index (χ1v) is 11.7. The molecule has 0 radical (unpaired) electrons. The lowest BCUT2D eigenvalue weighted by Gasteiger charge is -2.24. The van der Waals surface area contributed by atoms with Crippen LogP contribution in [-0.4, -0.2) is 65.8 Å². The SMILES string of the molecule is CN(C)CCCOc1ccc(-c2ccc3nc4cccc(NC5CCOCC5)c4n3c2)cn1. The number of fused-ring (bicyclic) bond motifs is 3. The molecule has 7 heteroatoms. The number of nitrogens with one attached hydrogen (secondary N) is 1. The van der Waals surface area contributed by atoms with Gasteiger partial charge >= 0.3 is 0 Å². The third kappa shape index (κ3) is 4.94. The van der Waals surface area contributed by atoms with E-state index in [0.29, 0.717) is 18.5 Å². The zero-order valence-corrected chi connectivity index (χ0v) is 19.3. The molecule has 4 heterocycles. The monoisotopic (exact) mass is 445 g/mol. The fourth-order valence-corrected chi connectivity index (χ4v) is 4.30. The first-order valence-electron chi connectivity index (χ1n) is 11.7. The number of imidazole rings is 1. The van der Waals surface area contributed by atoms with E-state index in [4.69, 9.17) is 14.5 Å². The zero-order valence-electron chi connectivity index (χ0n) is 19.3. The Balaban J connectivity index is 1.40. The van der Waals surface area contributed by atoms with Gasteiger partial charge in [-0.3, -0.25) is 4.40 Å². The van der Waals surface area contributed by atoms with Crippen molar-refractivity contribution in [1.29, 1.82) is 0 Å². The average Bonchev–Trinajstić information content (AvgIpc) is 3.22. The highest BCUT2D eigenvalue weighted by Crippen LogP contribution is 2.29. The van der Waals surface area contributed by atoms with Crippen molar-refractivity contribution < 1.29 is 9.47 Å². The second-order valence-electron chi connectivity index (χ2n) is 8.85. The van der Waals surface area contributed by atoms with E-state index >= 15 is 0 Å². The summed E-state index contributed by atoms with van der Waals surface area (Å²) in [5.74, 6) is 0.662. The fourth-order valence-electron chi connectivity index (χ4n) is 4.30. The van der Waals surface area contributed by atoms with Crippen LogP contribution in [0.4, 0.5) is 5.69 Å². The number of rotatable bonds is 8. The van der Waals surface area contributed by atoms with Gasteiger partial charge in [0.15, 0.2) is 0 Å². The summed E-state index contributed by atoms with van der Waals surface area (Å²) in [6, 6.07) is 14.9. The highest BCUT2D eigenvalue weighted by molar-refractivity contribution is 5.92. The molecule has 172 valence electrons. The normalized spacial score (nSPS) is 14.9. The molecule has 0 aliphatic carbocycles. The van der Waals surface area contributed by atoms with E-state index in [-0.39, 0.29) is 0 Å². The van der Waals surface area contributed by atoms with Crippen molar-refractivity contribution in [2.75, 3.05) is 45.8 Å². The molecular weight excluding hydrogens is 414 g/mol. The van der Waals surface area contributed by atoms with Gasteiger partial charge in [0, 0.05) is 55.4 Å². The molecule has 3 aromatic heterocycles. The minimum Gasteiger partial charge on any atom is -0.478 e. The van der Waals surface area contributed by atoms with Gasteiger partial charge in [0.25, 0.3) is 0 Å². The number of hydrogen-bond donors (Lipinski definition) is 1. The summed E-state index contributed by atoms with van der Waals surface area (Å²) in [6.45, 7) is 3.29. The molecule has 33 heavy (non-hydrogen) atoms. The van der Waals surface area contributed by atoms with Crippen molar-refractivity contribution >= 4 is 22.4 Å². The van der Waals surface area contributed by atoms with Crippen molar-refractivity contribution in [1.82, 2.24) is 19.3 Å². The van der Waals surface area contributed by atoms with E-state index in [0.717, 1.165) is 72.5 Å². The van der Waals surface area contributed by atoms with Crippen LogP contribution in [0, 0.1) is 0 Å². The van der Waals surface area contributed by atoms with Gasteiger partial charge in [0.1, 0.15) is 5.65 Å². The van der Waals surface area contributed by atoms with Crippen LogP contribution in [-0.2, 0) is 4.74 Å². The Labute approximate surface area is 194 Å². The van der Waals surface area contributed by atoms with Crippen LogP contribution in [0.15, 0.2) is 54.9 Å². The molecule has 5 rings (SSSR count). The summed E-state index contributed by atoms with van der Waals surface area (Å²) < 4.78 is 13.5. The van der Waals surface area contributed by atoms with E-state index in [1.807, 2.05) is 12.3 Å². The fraction of sp³-hybridized carbons (Fsp3) is 0.385. The Bertz CT molecular complexity index is 1210. The van der Waals surface area contributed by atoms with Crippen molar-refractivity contribution in [3.05, 3.63) is 54.9 Å². The van der Waals surface area contributed by atoms with Crippen LogP contribution < -0.4 is 10.1 Å². The first-order chi connectivity index (χ1) is 16.2. The molecular formula is C26H31N5O2. The number of hydrogen-bond acceptors (Lipinski definition) is 6. The van der Waals surface area contributed by atoms with E-state index < -0.39 is 0 Å². The van der Waals surface area contributed by atoms with Gasteiger partial charge in [-0.2, -0.15) is 0 Å². The summed E-state index contributed by atoms with van der Waals surface area (Å²) >= 11 is 0. The van der Waals surface area contributed by atoms with E-state index in [2.05, 4.69) is 76.3 Å². The molecule has 1 N–H and O–H groups in total. The molecule has 1 saturated heterocycles. The van der Waals surface area contributed by atoms with E-state index in [1.54, 1.807) is 0 Å². The number of nitrogens with zero attached hydrogens (tertiary/aromatic N) is 4. The zero-order chi connectivity index (χ0) is 22.6. The maximum Gasteiger partial charge on any atom is 0.213 e. The molecule has 1 aliphatic rings. The van der Waals surface area contributed by atoms with Gasteiger partial charge < -0.3 is 19.7 Å². The number of ether oxygens (including phenoxy) is 2. The Morgan fingerprint density at radius 1 is 1.09 bits per heavy atom. The number of pyridine rings is 2. The molecule has 0 bridgehead atoms. The highest BCUT2D eigenvalue weighted by Gasteiger charge is 2.16. The molecule has 0 spiro atoms. The van der Waals surface area contributed by atoms with E-state index in [1.165, 1.54) is 0 Å². The smallest absolute Gasteiger partial charge is 0.213 e. The van der Waals surface area contributed by atoms with Crippen LogP contribution in [0.5, 0.6) is 5.88 Å². The predicted molar refractivity (Wildman–Crippen MR) is 132 cm³/mol. The maximum atomic E-state index is 5.78. The van der Waals surface area contributed by atoms with Crippen LogP contribution in [0.2, 0.25) is 0 Å². The summed E-state index contributed by atoms with van der Waals surface area (Å²) in [5.41, 5.74) is 6.29. The van der Waals surface area contributed by atoms with Gasteiger partial charge in [-0.25, -0.2) is 9.97 Å². The predicted octanol–water partition coefficient (Wildman–Crippen LogP) is 4.47. The van der Waals surface area contributed by atoms with Crippen molar-refractivity contribution in [3.63, 3.8) is 0 Å². The molecule has 0 amide bonds. The van der Waals surface area contributed by atoms with Gasteiger partial charge in [0.05, 0.1) is 23.3 Å². The lowest BCUT2D eigenvalue weighted by Crippen LogP contribution is -2.27. The molecule has 0 atom stereocenters. The van der Waals surface area contributed by atoms with Gasteiger partial charge in [-0.1, -0.05) is 6.07 Å². The summed E-state index contributed by atoms with van der Waals surface area (Å²) in [6.07, 6.45) is 7.05. The molecule has 1 fully saturated rings. The lowest BCUT2D eigenvalue weighted by atomic mass is 10.1. The molecule has 4 aromatic rings. The minimum atomic E-state index is 0.424. The number of benzene rings is 1. The molecule has 1 aliphatic heterocycles. The molecule has 0 unspecified atom stereocenters. The van der Waals surface area contributed by atoms with Crippen LogP contribution in [0.3, 0.4) is 0 Å². The van der Waals surface area contributed by atoms with Crippen molar-refractivity contribution in [3.8, 4) is 17.0 Å². The maximum absolute atomic E-state index is 5.78. The summed E-state index contributed by atoms with van der Waals surface area (Å²) in [7, 11) is 4.13. The Kier molecular flexibility index (Phi) is 6.41. The Morgan fingerprint density at radius 2 is 1.94 bits per heavy atom. The topological polar surface area (TPSA) is 63.9 Å². The van der Waals surface area contributed by atoms with Crippen LogP contribution in [0.1, 0.15) is 19.3 Å². The quantitative estimate of drug-likeness (QED) is 0.404. The van der Waals surface area contributed by atoms with Crippen molar-refractivity contribution in [2.45, 2.75) is 25.3 Å². The molecule has 7 nitrogen and oxygen atoms in total. The minimum absolute atomic E-state index is 0.424. The van der Waals surface area contributed by atoms with Crippen LogP contribution in [0.25, 0.3) is 27.8 Å². The standard InChI is InChI=1S/C26H31N5O2/c1-30(2)13-4-14-33-25-10-8-19(17-27-25)20-7-9-24-29-23-6-3-5-22(26(23)31(24)18-20)28-21-11-15-32-16-12-21/h3,5-10,17-18,21,28H,4,11-16H2,1-2H3. The Morgan fingerprint density at radius 3 is 2.73 bits per heavy atom. The number of para-hydroxylation sites is 1. The molecule has 0 saturated carbocycles. The third-order valence-electron chi connectivity index (χ3n) is 6.07. The van der Waals surface area contributed by atoms with Crippen molar-refractivity contribution in [2.24, 2.45) is 0 Å². The molecule has 1 aromatic carbocycles. The lowest BCUT2D eigenvalue weighted by molar-refractivity contribution is 0.0905. The summed E-state index contributed by atoms with van der Waals surface area (Å²) in [5, 5.41) is 3.73. The number of anilines is 1. The van der Waals surface area contributed by atoms with E-state index in [9.17, 15) is 0 Å². The third-order valence-corrected chi connectivity index (χ3v) is 6.07. The number of aromatic nitrogens is 3. The summed E-state index contributed by atoms with van der Waals surface area (Å²) in [4.78, 5) is 11.5. The van der Waals surface area contributed by atoms with Gasteiger partial charge in [-0.15, -0.1) is 0 Å².